The largest absolute Gasteiger partial charge is 0.271 e. The predicted molar refractivity (Wildman–Crippen MR) is 105 cm³/mol. The van der Waals surface area contributed by atoms with Crippen molar-refractivity contribution in [2.75, 3.05) is 0 Å². The molecule has 2 aromatic carbocycles. The summed E-state index contributed by atoms with van der Waals surface area (Å²) in [5.41, 5.74) is 3.17. The van der Waals surface area contributed by atoms with Crippen LogP contribution in [0.3, 0.4) is 0 Å². The number of nitrogens with zero attached hydrogens (tertiary/aromatic N) is 2. The molecule has 130 valence electrons. The Morgan fingerprint density at radius 2 is 1.96 bits per heavy atom. The van der Waals surface area contributed by atoms with E-state index >= 15 is 0 Å². The lowest BCUT2D eigenvalue weighted by atomic mass is 10.1. The fourth-order valence-corrected chi connectivity index (χ4v) is 3.98. The highest BCUT2D eigenvalue weighted by atomic mass is 35.5. The van der Waals surface area contributed by atoms with E-state index in [1.54, 1.807) is 17.8 Å². The topological polar surface area (TPSA) is 33.6 Å². The Balaban J connectivity index is 1.74. The van der Waals surface area contributed by atoms with Crippen molar-refractivity contribution in [2.24, 2.45) is 0 Å². The monoisotopic (exact) mass is 393 g/mol. The lowest BCUT2D eigenvalue weighted by Gasteiger charge is -2.08. The number of H-pyrrole nitrogens is 1. The summed E-state index contributed by atoms with van der Waals surface area (Å²) >= 11 is 13.1. The molecule has 0 aliphatic carbocycles. The van der Waals surface area contributed by atoms with Crippen LogP contribution in [0.4, 0.5) is 4.39 Å². The molecule has 0 fully saturated rings. The Morgan fingerprint density at radius 3 is 2.64 bits per heavy atom. The maximum absolute atomic E-state index is 13.1. The van der Waals surface area contributed by atoms with Crippen molar-refractivity contribution in [3.63, 3.8) is 0 Å². The van der Waals surface area contributed by atoms with Gasteiger partial charge in [0, 0.05) is 16.5 Å². The van der Waals surface area contributed by atoms with E-state index in [1.807, 2.05) is 4.57 Å². The quantitative estimate of drug-likeness (QED) is 0.544. The van der Waals surface area contributed by atoms with E-state index < -0.39 is 0 Å². The zero-order chi connectivity index (χ0) is 17.8. The Hall–Kier alpha value is -1.63. The van der Waals surface area contributed by atoms with Gasteiger partial charge < -0.3 is 0 Å². The molecule has 0 atom stereocenters. The van der Waals surface area contributed by atoms with E-state index in [4.69, 9.17) is 23.8 Å². The van der Waals surface area contributed by atoms with Gasteiger partial charge in [0.15, 0.2) is 4.77 Å². The zero-order valence-electron chi connectivity index (χ0n) is 13.6. The van der Waals surface area contributed by atoms with Crippen LogP contribution in [-0.4, -0.2) is 14.8 Å². The smallest absolute Gasteiger partial charge is 0.199 e. The van der Waals surface area contributed by atoms with E-state index in [9.17, 15) is 4.39 Å². The van der Waals surface area contributed by atoms with E-state index in [0.29, 0.717) is 21.3 Å². The van der Waals surface area contributed by atoms with Crippen LogP contribution in [0, 0.1) is 10.6 Å². The van der Waals surface area contributed by atoms with Gasteiger partial charge in [0.05, 0.1) is 5.75 Å². The van der Waals surface area contributed by atoms with Gasteiger partial charge in [-0.3, -0.25) is 9.67 Å². The molecule has 0 saturated heterocycles. The van der Waals surface area contributed by atoms with Crippen molar-refractivity contribution in [3.8, 4) is 5.69 Å². The first kappa shape index (κ1) is 18.2. The number of aromatic amines is 1. The number of benzene rings is 2. The molecule has 0 aliphatic heterocycles. The fourth-order valence-electron chi connectivity index (χ4n) is 2.46. The molecule has 1 heterocycles. The van der Waals surface area contributed by atoms with Crippen LogP contribution in [0.25, 0.3) is 5.69 Å². The maximum Gasteiger partial charge on any atom is 0.199 e. The standard InChI is InChI=1S/C18H17ClFN3S2/c1-2-12-3-7-15(8-4-12)23-17(21-22-18(23)24)11-25-10-13-5-6-14(20)9-16(13)19/h3-9H,2,10-11H2,1H3,(H,22,24). The first-order valence-corrected chi connectivity index (χ1v) is 9.80. The number of rotatable bonds is 6. The van der Waals surface area contributed by atoms with E-state index in [2.05, 4.69) is 41.4 Å². The molecule has 0 amide bonds. The summed E-state index contributed by atoms with van der Waals surface area (Å²) in [6.07, 6.45) is 0.998. The predicted octanol–water partition coefficient (Wildman–Crippen LogP) is 5.72. The second-order valence-corrected chi connectivity index (χ2v) is 7.31. The molecule has 25 heavy (non-hydrogen) atoms. The molecule has 3 aromatic rings. The molecule has 0 radical (unpaired) electrons. The second kappa shape index (κ2) is 8.17. The highest BCUT2D eigenvalue weighted by Gasteiger charge is 2.10. The van der Waals surface area contributed by atoms with E-state index in [-0.39, 0.29) is 5.82 Å². The summed E-state index contributed by atoms with van der Waals surface area (Å²) in [5.74, 6) is 1.86. The molecule has 1 aromatic heterocycles. The van der Waals surface area contributed by atoms with Crippen LogP contribution >= 0.6 is 35.6 Å². The van der Waals surface area contributed by atoms with E-state index in [1.165, 1.54) is 17.7 Å². The van der Waals surface area contributed by atoms with Crippen molar-refractivity contribution in [1.29, 1.82) is 0 Å². The molecule has 0 unspecified atom stereocenters. The van der Waals surface area contributed by atoms with Crippen molar-refractivity contribution in [2.45, 2.75) is 24.9 Å². The Labute approximate surface area is 160 Å². The van der Waals surface area contributed by atoms with Crippen LogP contribution in [-0.2, 0) is 17.9 Å². The zero-order valence-corrected chi connectivity index (χ0v) is 16.0. The van der Waals surface area contributed by atoms with Gasteiger partial charge in [0.25, 0.3) is 0 Å². The first-order chi connectivity index (χ1) is 12.1. The minimum absolute atomic E-state index is 0.324. The fraction of sp³-hybridized carbons (Fsp3) is 0.222. The molecule has 0 bridgehead atoms. The molecule has 7 heteroatoms. The van der Waals surface area contributed by atoms with E-state index in [0.717, 1.165) is 23.5 Å². The Kier molecular flexibility index (Phi) is 5.93. The lowest BCUT2D eigenvalue weighted by molar-refractivity contribution is 0.627. The van der Waals surface area contributed by atoms with Crippen molar-refractivity contribution in [3.05, 3.63) is 75.0 Å². The molecular weight excluding hydrogens is 377 g/mol. The first-order valence-electron chi connectivity index (χ1n) is 7.85. The molecule has 0 saturated carbocycles. The summed E-state index contributed by atoms with van der Waals surface area (Å²) in [6, 6.07) is 12.8. The van der Waals surface area contributed by atoms with Crippen LogP contribution in [0.1, 0.15) is 23.9 Å². The van der Waals surface area contributed by atoms with Crippen LogP contribution < -0.4 is 0 Å². The third-order valence-electron chi connectivity index (χ3n) is 3.85. The van der Waals surface area contributed by atoms with Crippen LogP contribution in [0.5, 0.6) is 0 Å². The van der Waals surface area contributed by atoms with Crippen LogP contribution in [0.15, 0.2) is 42.5 Å². The minimum Gasteiger partial charge on any atom is -0.271 e. The Morgan fingerprint density at radius 1 is 1.20 bits per heavy atom. The van der Waals surface area contributed by atoms with Gasteiger partial charge in [0.2, 0.25) is 0 Å². The summed E-state index contributed by atoms with van der Waals surface area (Å²) < 4.78 is 15.6. The Bertz CT molecular complexity index is 919. The number of thioether (sulfide) groups is 1. The summed E-state index contributed by atoms with van der Waals surface area (Å²) in [4.78, 5) is 0. The number of halogens is 2. The average Bonchev–Trinajstić information content (AvgIpc) is 2.97. The van der Waals surface area contributed by atoms with Gasteiger partial charge in [-0.25, -0.2) is 4.39 Å². The maximum atomic E-state index is 13.1. The number of hydrogen-bond donors (Lipinski definition) is 1. The molecular formula is C18H17ClFN3S2. The van der Waals surface area contributed by atoms with Crippen molar-refractivity contribution < 1.29 is 4.39 Å². The van der Waals surface area contributed by atoms with Crippen molar-refractivity contribution >= 4 is 35.6 Å². The lowest BCUT2D eigenvalue weighted by Crippen LogP contribution is -2.01. The summed E-state index contributed by atoms with van der Waals surface area (Å²) in [6.45, 7) is 2.13. The van der Waals surface area contributed by atoms with Gasteiger partial charge in [-0.2, -0.15) is 5.10 Å². The molecule has 1 N–H and O–H groups in total. The van der Waals surface area contributed by atoms with Gasteiger partial charge >= 0.3 is 0 Å². The summed E-state index contributed by atoms with van der Waals surface area (Å²) in [5, 5.41) is 7.64. The molecule has 3 rings (SSSR count). The normalized spacial score (nSPS) is 11.0. The average molecular weight is 394 g/mol. The molecule has 0 spiro atoms. The number of hydrogen-bond acceptors (Lipinski definition) is 3. The number of aryl methyl sites for hydroxylation is 1. The minimum atomic E-state index is -0.324. The van der Waals surface area contributed by atoms with Gasteiger partial charge in [-0.1, -0.05) is 36.7 Å². The number of nitrogens with one attached hydrogen (secondary N) is 1. The number of aromatic nitrogens is 3. The third-order valence-corrected chi connectivity index (χ3v) is 5.45. The highest BCUT2D eigenvalue weighted by Crippen LogP contribution is 2.25. The molecule has 3 nitrogen and oxygen atoms in total. The van der Waals surface area contributed by atoms with Crippen LogP contribution in [0.2, 0.25) is 5.02 Å². The second-order valence-electron chi connectivity index (χ2n) is 5.53. The third kappa shape index (κ3) is 4.32. The SMILES string of the molecule is CCc1ccc(-n2c(CSCc3ccc(F)cc3Cl)n[nH]c2=S)cc1. The molecule has 0 aliphatic rings. The van der Waals surface area contributed by atoms with Crippen molar-refractivity contribution in [1.82, 2.24) is 14.8 Å². The van der Waals surface area contributed by atoms with Gasteiger partial charge in [-0.15, -0.1) is 11.8 Å². The van der Waals surface area contributed by atoms with Gasteiger partial charge in [-0.05, 0) is 54.0 Å². The summed E-state index contributed by atoms with van der Waals surface area (Å²) in [7, 11) is 0. The highest BCUT2D eigenvalue weighted by molar-refractivity contribution is 7.97. The van der Waals surface area contributed by atoms with Gasteiger partial charge in [0.1, 0.15) is 11.6 Å².